The standard InChI is InChI=1S/C13H27N3O/c1-3-16(4-2)9-8-15-13(17)11-6-5-7-12(14)10-11/h11-12H,3-10,14H2,1-2H3,(H,15,17). The number of nitrogens with one attached hydrogen (secondary N) is 1. The summed E-state index contributed by atoms with van der Waals surface area (Å²) in [6, 6.07) is 0.224. The Balaban J connectivity index is 2.20. The van der Waals surface area contributed by atoms with E-state index < -0.39 is 0 Å². The van der Waals surface area contributed by atoms with Crippen molar-refractivity contribution in [3.63, 3.8) is 0 Å². The van der Waals surface area contributed by atoms with Gasteiger partial charge in [0.2, 0.25) is 5.91 Å². The summed E-state index contributed by atoms with van der Waals surface area (Å²) in [6.45, 7) is 8.07. The average Bonchev–Trinajstić information content (AvgIpc) is 2.34. The van der Waals surface area contributed by atoms with Crippen molar-refractivity contribution < 1.29 is 4.79 Å². The molecule has 4 heteroatoms. The molecule has 0 aromatic carbocycles. The van der Waals surface area contributed by atoms with Crippen LogP contribution < -0.4 is 11.1 Å². The van der Waals surface area contributed by atoms with Crippen molar-refractivity contribution in [3.8, 4) is 0 Å². The number of hydrogen-bond donors (Lipinski definition) is 2. The van der Waals surface area contributed by atoms with Crippen molar-refractivity contribution in [1.82, 2.24) is 10.2 Å². The molecule has 0 radical (unpaired) electrons. The molecule has 0 spiro atoms. The molecule has 100 valence electrons. The first kappa shape index (κ1) is 14.5. The van der Waals surface area contributed by atoms with E-state index in [9.17, 15) is 4.79 Å². The summed E-state index contributed by atoms with van der Waals surface area (Å²) < 4.78 is 0. The molecule has 1 fully saturated rings. The van der Waals surface area contributed by atoms with Gasteiger partial charge in [-0.15, -0.1) is 0 Å². The van der Waals surface area contributed by atoms with E-state index >= 15 is 0 Å². The molecule has 0 saturated heterocycles. The Labute approximate surface area is 105 Å². The number of nitrogens with two attached hydrogens (primary N) is 1. The number of amides is 1. The van der Waals surface area contributed by atoms with Crippen molar-refractivity contribution in [1.29, 1.82) is 0 Å². The van der Waals surface area contributed by atoms with E-state index in [0.29, 0.717) is 0 Å². The highest BCUT2D eigenvalue weighted by molar-refractivity contribution is 5.78. The number of rotatable bonds is 6. The van der Waals surface area contributed by atoms with Crippen molar-refractivity contribution in [3.05, 3.63) is 0 Å². The topological polar surface area (TPSA) is 58.4 Å². The minimum Gasteiger partial charge on any atom is -0.355 e. The summed E-state index contributed by atoms with van der Waals surface area (Å²) in [7, 11) is 0. The van der Waals surface area contributed by atoms with Crippen LogP contribution in [0.4, 0.5) is 0 Å². The SMILES string of the molecule is CCN(CC)CCNC(=O)C1CCCC(N)C1. The Morgan fingerprint density at radius 1 is 1.35 bits per heavy atom. The lowest BCUT2D eigenvalue weighted by Gasteiger charge is -2.26. The number of nitrogens with zero attached hydrogens (tertiary/aromatic N) is 1. The van der Waals surface area contributed by atoms with Crippen LogP contribution in [0.1, 0.15) is 39.5 Å². The molecule has 2 atom stereocenters. The van der Waals surface area contributed by atoms with Gasteiger partial charge in [0, 0.05) is 25.0 Å². The molecule has 17 heavy (non-hydrogen) atoms. The van der Waals surface area contributed by atoms with Crippen LogP contribution in [0, 0.1) is 5.92 Å². The predicted molar refractivity (Wildman–Crippen MR) is 70.7 cm³/mol. The largest absolute Gasteiger partial charge is 0.355 e. The van der Waals surface area contributed by atoms with Crippen LogP contribution in [0.3, 0.4) is 0 Å². The zero-order chi connectivity index (χ0) is 12.7. The van der Waals surface area contributed by atoms with Gasteiger partial charge in [0.15, 0.2) is 0 Å². The molecular weight excluding hydrogens is 214 g/mol. The second-order valence-corrected chi connectivity index (χ2v) is 4.94. The van der Waals surface area contributed by atoms with Gasteiger partial charge in [-0.3, -0.25) is 4.79 Å². The van der Waals surface area contributed by atoms with Crippen molar-refractivity contribution in [2.45, 2.75) is 45.6 Å². The minimum atomic E-state index is 0.149. The van der Waals surface area contributed by atoms with Crippen LogP contribution in [-0.4, -0.2) is 43.0 Å². The van der Waals surface area contributed by atoms with Crippen LogP contribution in [0.5, 0.6) is 0 Å². The van der Waals surface area contributed by atoms with Gasteiger partial charge in [-0.2, -0.15) is 0 Å². The van der Waals surface area contributed by atoms with E-state index in [4.69, 9.17) is 5.73 Å². The Morgan fingerprint density at radius 3 is 2.65 bits per heavy atom. The highest BCUT2D eigenvalue weighted by atomic mass is 16.1. The molecular formula is C13H27N3O. The number of likely N-dealkylation sites (N-methyl/N-ethyl adjacent to an activating group) is 1. The highest BCUT2D eigenvalue weighted by Gasteiger charge is 2.24. The summed E-state index contributed by atoms with van der Waals surface area (Å²) in [4.78, 5) is 14.2. The fraction of sp³-hybridized carbons (Fsp3) is 0.923. The Kier molecular flexibility index (Phi) is 6.52. The monoisotopic (exact) mass is 241 g/mol. The quantitative estimate of drug-likeness (QED) is 0.728. The summed E-state index contributed by atoms with van der Waals surface area (Å²) in [5.41, 5.74) is 5.89. The van der Waals surface area contributed by atoms with Gasteiger partial charge in [-0.05, 0) is 32.4 Å². The van der Waals surface area contributed by atoms with Crippen molar-refractivity contribution in [2.24, 2.45) is 11.7 Å². The second kappa shape index (κ2) is 7.67. The van der Waals surface area contributed by atoms with E-state index in [2.05, 4.69) is 24.1 Å². The lowest BCUT2D eigenvalue weighted by atomic mass is 9.85. The zero-order valence-electron chi connectivity index (χ0n) is 11.2. The number of carbonyl (C=O) groups excluding carboxylic acids is 1. The highest BCUT2D eigenvalue weighted by Crippen LogP contribution is 2.22. The van der Waals surface area contributed by atoms with Crippen LogP contribution in [-0.2, 0) is 4.79 Å². The predicted octanol–water partition coefficient (Wildman–Crippen LogP) is 0.962. The molecule has 1 rings (SSSR count). The molecule has 0 bridgehead atoms. The molecule has 0 aliphatic heterocycles. The molecule has 1 aliphatic carbocycles. The number of carbonyl (C=O) groups is 1. The van der Waals surface area contributed by atoms with E-state index in [0.717, 1.165) is 51.9 Å². The van der Waals surface area contributed by atoms with Crippen molar-refractivity contribution in [2.75, 3.05) is 26.2 Å². The lowest BCUT2D eigenvalue weighted by molar-refractivity contribution is -0.126. The first-order valence-corrected chi connectivity index (χ1v) is 6.93. The smallest absolute Gasteiger partial charge is 0.223 e. The normalized spacial score (nSPS) is 24.9. The van der Waals surface area contributed by atoms with Gasteiger partial charge in [0.1, 0.15) is 0 Å². The molecule has 2 unspecified atom stereocenters. The van der Waals surface area contributed by atoms with Gasteiger partial charge in [0.25, 0.3) is 0 Å². The molecule has 1 saturated carbocycles. The maximum Gasteiger partial charge on any atom is 0.223 e. The minimum absolute atomic E-state index is 0.149. The molecule has 0 aromatic rings. The fourth-order valence-electron chi connectivity index (χ4n) is 2.49. The van der Waals surface area contributed by atoms with Gasteiger partial charge in [0.05, 0.1) is 0 Å². The molecule has 1 aliphatic rings. The molecule has 3 N–H and O–H groups in total. The van der Waals surface area contributed by atoms with E-state index in [-0.39, 0.29) is 17.9 Å². The zero-order valence-corrected chi connectivity index (χ0v) is 11.2. The van der Waals surface area contributed by atoms with E-state index in [1.165, 1.54) is 0 Å². The Hall–Kier alpha value is -0.610. The third kappa shape index (κ3) is 5.04. The van der Waals surface area contributed by atoms with Gasteiger partial charge >= 0.3 is 0 Å². The van der Waals surface area contributed by atoms with Gasteiger partial charge in [-0.1, -0.05) is 20.3 Å². The van der Waals surface area contributed by atoms with Crippen LogP contribution in [0.25, 0.3) is 0 Å². The summed E-state index contributed by atoms with van der Waals surface area (Å²) in [5.74, 6) is 0.350. The summed E-state index contributed by atoms with van der Waals surface area (Å²) in [5, 5.41) is 3.04. The Bertz CT molecular complexity index is 229. The van der Waals surface area contributed by atoms with E-state index in [1.807, 2.05) is 0 Å². The third-order valence-electron chi connectivity index (χ3n) is 3.71. The number of hydrogen-bond acceptors (Lipinski definition) is 3. The van der Waals surface area contributed by atoms with Crippen LogP contribution >= 0.6 is 0 Å². The summed E-state index contributed by atoms with van der Waals surface area (Å²) in [6.07, 6.45) is 4.03. The second-order valence-electron chi connectivity index (χ2n) is 4.94. The van der Waals surface area contributed by atoms with E-state index in [1.54, 1.807) is 0 Å². The van der Waals surface area contributed by atoms with Gasteiger partial charge < -0.3 is 16.0 Å². The molecule has 1 amide bonds. The maximum atomic E-state index is 11.9. The van der Waals surface area contributed by atoms with Crippen molar-refractivity contribution >= 4 is 5.91 Å². The summed E-state index contributed by atoms with van der Waals surface area (Å²) >= 11 is 0. The average molecular weight is 241 g/mol. The van der Waals surface area contributed by atoms with Crippen LogP contribution in [0.2, 0.25) is 0 Å². The van der Waals surface area contributed by atoms with Gasteiger partial charge in [-0.25, -0.2) is 0 Å². The molecule has 0 heterocycles. The first-order chi connectivity index (χ1) is 8.17. The van der Waals surface area contributed by atoms with Crippen LogP contribution in [0.15, 0.2) is 0 Å². The Morgan fingerprint density at radius 2 is 2.06 bits per heavy atom. The molecule has 0 aromatic heterocycles. The maximum absolute atomic E-state index is 11.9. The molecule has 4 nitrogen and oxygen atoms in total. The third-order valence-corrected chi connectivity index (χ3v) is 3.71. The first-order valence-electron chi connectivity index (χ1n) is 6.93. The fourth-order valence-corrected chi connectivity index (χ4v) is 2.49. The lowest BCUT2D eigenvalue weighted by Crippen LogP contribution is -2.40.